The Balaban J connectivity index is 4.47. The Labute approximate surface area is 418 Å². The van der Waals surface area contributed by atoms with Crippen LogP contribution in [0.1, 0.15) is 250 Å². The van der Waals surface area contributed by atoms with Gasteiger partial charge in [0.1, 0.15) is 12.7 Å². The summed E-state index contributed by atoms with van der Waals surface area (Å²) in [4.78, 5) is 22.9. The summed E-state index contributed by atoms with van der Waals surface area (Å²) in [6.07, 6.45) is 19.2. The predicted octanol–water partition coefficient (Wildman–Crippen LogP) is 9.98. The molecule has 13 nitrogen and oxygen atoms in total. The third-order valence-electron chi connectivity index (χ3n) is 14.0. The molecular weight excluding hydrogens is 881 g/mol. The van der Waals surface area contributed by atoms with Gasteiger partial charge < -0.3 is 55.8 Å². The van der Waals surface area contributed by atoms with E-state index in [1.165, 1.54) is 25.0 Å². The Morgan fingerprint density at radius 1 is 0.435 bits per heavy atom. The van der Waals surface area contributed by atoms with E-state index in [0.717, 1.165) is 44.1 Å². The molecule has 69 heavy (non-hydrogen) atoms. The van der Waals surface area contributed by atoms with Crippen LogP contribution in [0.2, 0.25) is 0 Å². The van der Waals surface area contributed by atoms with Gasteiger partial charge in [-0.15, -0.1) is 0 Å². The highest BCUT2D eigenvalue weighted by Crippen LogP contribution is 2.32. The first-order chi connectivity index (χ1) is 31.4. The monoisotopic (exact) mass is 985 g/mol. The van der Waals surface area contributed by atoms with Gasteiger partial charge in [-0.25, -0.2) is 0 Å². The molecule has 6 unspecified atom stereocenters. The summed E-state index contributed by atoms with van der Waals surface area (Å²) in [5.41, 5.74) is -4.84. The van der Waals surface area contributed by atoms with Gasteiger partial charge in [0.2, 0.25) is 0 Å². The predicted molar refractivity (Wildman–Crippen MR) is 277 cm³/mol. The zero-order chi connectivity index (χ0) is 53.4. The Bertz CT molecular complexity index is 1560. The summed E-state index contributed by atoms with van der Waals surface area (Å²) >= 11 is 0. The molecule has 0 radical (unpaired) electrons. The number of carboxylic acid groups (broad SMARTS) is 1. The molecule has 0 aromatic carbocycles. The maximum atomic E-state index is 12.0. The van der Waals surface area contributed by atoms with E-state index in [1.807, 2.05) is 54.5 Å². The normalized spacial score (nSPS) is 20.1. The highest BCUT2D eigenvalue weighted by Gasteiger charge is 2.34. The van der Waals surface area contributed by atoms with E-state index >= 15 is 0 Å². The van der Waals surface area contributed by atoms with Gasteiger partial charge in [-0.05, 0) is 237 Å². The molecule has 0 spiro atoms. The minimum absolute atomic E-state index is 0.227. The molecular formula is C56H104O13. The first kappa shape index (κ1) is 66.8. The summed E-state index contributed by atoms with van der Waals surface area (Å²) in [6.45, 7) is 21.4. The Kier molecular flexibility index (Phi) is 29.8. The molecule has 0 aliphatic rings. The standard InChI is InChI=1S/C56H104O13/c1-43(2)22-14-27-49(5,61)29-17-31-51(7,63)33-19-35-53(9,65)37-21-38-54(10,66)36-20-34-52(8,64)32-18-30-50(6,62)28-15-25-44(3)23-13-24-45(4)26-16-39-56(12,68)46(57)42-69-48(60)41-55(11,67)40-47(58)59/h22-23,26,46,57,61-68H,13-21,24-25,27-42H2,1-12H3,(H,58,59)/b44-23+,45-26+/t46-,49?,50?,51?,52?,53?,54?,55+,56+/m1/s1. The van der Waals surface area contributed by atoms with Crippen molar-refractivity contribution in [2.24, 2.45) is 0 Å². The number of aliphatic carboxylic acids is 1. The summed E-state index contributed by atoms with van der Waals surface area (Å²) in [6, 6.07) is 0. The second kappa shape index (κ2) is 30.7. The van der Waals surface area contributed by atoms with Crippen LogP contribution < -0.4 is 0 Å². The number of allylic oxidation sites excluding steroid dienone is 6. The fraction of sp³-hybridized carbons (Fsp3) is 0.857. The first-order valence-corrected chi connectivity index (χ1v) is 26.2. The number of hydrogen-bond acceptors (Lipinski definition) is 12. The van der Waals surface area contributed by atoms with Gasteiger partial charge >= 0.3 is 11.9 Å². The van der Waals surface area contributed by atoms with Crippen LogP contribution in [0, 0.1) is 0 Å². The van der Waals surface area contributed by atoms with Crippen molar-refractivity contribution in [1.82, 2.24) is 0 Å². The van der Waals surface area contributed by atoms with Gasteiger partial charge in [0, 0.05) is 0 Å². The summed E-state index contributed by atoms with van der Waals surface area (Å²) in [7, 11) is 0. The number of carbonyl (C=O) groups is 2. The minimum Gasteiger partial charge on any atom is -0.481 e. The molecule has 13 heteroatoms. The first-order valence-electron chi connectivity index (χ1n) is 26.2. The van der Waals surface area contributed by atoms with Crippen molar-refractivity contribution < 1.29 is 65.4 Å². The van der Waals surface area contributed by atoms with Crippen LogP contribution in [-0.2, 0) is 14.3 Å². The zero-order valence-electron chi connectivity index (χ0n) is 45.6. The highest BCUT2D eigenvalue weighted by atomic mass is 16.5. The third kappa shape index (κ3) is 36.4. The van der Waals surface area contributed by atoms with E-state index in [2.05, 4.69) is 32.9 Å². The van der Waals surface area contributed by atoms with E-state index in [9.17, 15) is 55.5 Å². The lowest BCUT2D eigenvalue weighted by molar-refractivity contribution is -0.159. The van der Waals surface area contributed by atoms with Gasteiger partial charge in [-0.2, -0.15) is 0 Å². The highest BCUT2D eigenvalue weighted by molar-refractivity contribution is 5.73. The van der Waals surface area contributed by atoms with Gasteiger partial charge in [0.05, 0.1) is 57.7 Å². The van der Waals surface area contributed by atoms with E-state index in [-0.39, 0.29) is 6.42 Å². The summed E-state index contributed by atoms with van der Waals surface area (Å²) < 4.78 is 4.98. The molecule has 0 amide bonds. The SMILES string of the molecule is CC(C)=CCCC(C)(O)CCCC(C)(O)CCCC(C)(O)CCCC(C)(O)CCCC(C)(O)CCCC(C)(O)CCC/C(C)=C/CC/C(C)=C/CC[C@](C)(O)[C@H](O)COC(=O)C[C@@](C)(O)CC(=O)O. The molecule has 0 aliphatic carbocycles. The summed E-state index contributed by atoms with van der Waals surface area (Å²) in [5, 5.41) is 106. The molecule has 0 saturated heterocycles. The molecule has 0 bridgehead atoms. The van der Waals surface area contributed by atoms with Crippen LogP contribution in [0.3, 0.4) is 0 Å². The van der Waals surface area contributed by atoms with Crippen molar-refractivity contribution >= 4 is 11.9 Å². The molecule has 0 saturated carbocycles. The minimum atomic E-state index is -1.78. The maximum absolute atomic E-state index is 12.0. The number of hydrogen-bond donors (Lipinski definition) is 10. The molecule has 0 fully saturated rings. The largest absolute Gasteiger partial charge is 0.481 e. The Morgan fingerprint density at radius 3 is 1.14 bits per heavy atom. The molecule has 0 aromatic rings. The third-order valence-corrected chi connectivity index (χ3v) is 14.0. The fourth-order valence-corrected chi connectivity index (χ4v) is 9.05. The van der Waals surface area contributed by atoms with Gasteiger partial charge in [-0.3, -0.25) is 9.59 Å². The van der Waals surface area contributed by atoms with Crippen LogP contribution in [0.5, 0.6) is 0 Å². The van der Waals surface area contributed by atoms with E-state index < -0.39 is 82.3 Å². The fourth-order valence-electron chi connectivity index (χ4n) is 9.05. The molecule has 0 rings (SSSR count). The van der Waals surface area contributed by atoms with Crippen LogP contribution in [-0.4, -0.2) is 121 Å². The van der Waals surface area contributed by atoms with Crippen molar-refractivity contribution in [3.05, 3.63) is 34.9 Å². The maximum Gasteiger partial charge on any atom is 0.308 e. The van der Waals surface area contributed by atoms with Crippen LogP contribution in [0.25, 0.3) is 0 Å². The van der Waals surface area contributed by atoms with E-state index in [0.29, 0.717) is 109 Å². The van der Waals surface area contributed by atoms with Gasteiger partial charge in [0.25, 0.3) is 0 Å². The smallest absolute Gasteiger partial charge is 0.308 e. The molecule has 0 heterocycles. The van der Waals surface area contributed by atoms with Crippen molar-refractivity contribution in [2.75, 3.05) is 6.61 Å². The lowest BCUT2D eigenvalue weighted by atomic mass is 9.83. The molecule has 406 valence electrons. The van der Waals surface area contributed by atoms with E-state index in [4.69, 9.17) is 9.84 Å². The average Bonchev–Trinajstić information content (AvgIpc) is 3.14. The number of ether oxygens (including phenoxy) is 1. The number of aliphatic hydroxyl groups is 9. The number of rotatable bonds is 40. The number of carbonyl (C=O) groups excluding carboxylic acids is 1. The Morgan fingerprint density at radius 2 is 0.768 bits per heavy atom. The number of esters is 1. The topological polar surface area (TPSA) is 246 Å². The number of carboxylic acids is 1. The molecule has 0 aliphatic heterocycles. The lowest BCUT2D eigenvalue weighted by Gasteiger charge is -2.30. The van der Waals surface area contributed by atoms with Crippen LogP contribution in [0.15, 0.2) is 34.9 Å². The lowest BCUT2D eigenvalue weighted by Crippen LogP contribution is -2.43. The van der Waals surface area contributed by atoms with Crippen molar-refractivity contribution in [3.63, 3.8) is 0 Å². The van der Waals surface area contributed by atoms with E-state index in [1.54, 1.807) is 0 Å². The summed E-state index contributed by atoms with van der Waals surface area (Å²) in [5.74, 6) is -2.12. The quantitative estimate of drug-likeness (QED) is 0.0203. The van der Waals surface area contributed by atoms with Crippen molar-refractivity contribution in [2.45, 2.75) is 301 Å². The molecule has 0 aromatic heterocycles. The molecule has 10 N–H and O–H groups in total. The van der Waals surface area contributed by atoms with Crippen molar-refractivity contribution in [1.29, 1.82) is 0 Å². The van der Waals surface area contributed by atoms with Gasteiger partial charge in [-0.1, -0.05) is 34.9 Å². The van der Waals surface area contributed by atoms with Crippen LogP contribution >= 0.6 is 0 Å². The van der Waals surface area contributed by atoms with Crippen LogP contribution in [0.4, 0.5) is 0 Å². The average molecular weight is 985 g/mol. The van der Waals surface area contributed by atoms with Gasteiger partial charge in [0.15, 0.2) is 0 Å². The second-order valence-corrected chi connectivity index (χ2v) is 23.9. The van der Waals surface area contributed by atoms with Crippen molar-refractivity contribution in [3.8, 4) is 0 Å². The number of aliphatic hydroxyl groups excluding tert-OH is 1. The zero-order valence-corrected chi connectivity index (χ0v) is 45.6. The molecule has 9 atom stereocenters. The second-order valence-electron chi connectivity index (χ2n) is 23.9. The Hall–Kier alpha value is -2.20.